The minimum Gasteiger partial charge on any atom is -0.485 e. The van der Waals surface area contributed by atoms with Crippen molar-refractivity contribution >= 4 is 11.6 Å². The summed E-state index contributed by atoms with van der Waals surface area (Å²) in [4.78, 5) is 12.5. The van der Waals surface area contributed by atoms with Gasteiger partial charge in [-0.1, -0.05) is 24.3 Å². The number of rotatable bonds is 3. The molecule has 6 heteroatoms. The lowest BCUT2D eigenvalue weighted by Gasteiger charge is -2.25. The number of fused-ring (bicyclic) bond motifs is 1. The van der Waals surface area contributed by atoms with Crippen molar-refractivity contribution < 1.29 is 14.3 Å². The highest BCUT2D eigenvalue weighted by Crippen LogP contribution is 2.31. The van der Waals surface area contributed by atoms with Gasteiger partial charge in [-0.25, -0.2) is 0 Å². The maximum absolute atomic E-state index is 12.5. The molecule has 132 valence electrons. The van der Waals surface area contributed by atoms with Crippen LogP contribution in [-0.2, 0) is 4.79 Å². The number of amides is 1. The van der Waals surface area contributed by atoms with E-state index in [4.69, 9.17) is 9.47 Å². The fraction of sp³-hybridized carbons (Fsp3) is 0.200. The monoisotopic (exact) mass is 349 g/mol. The number of H-pyrrole nitrogens is 1. The van der Waals surface area contributed by atoms with Gasteiger partial charge in [0.25, 0.3) is 5.91 Å². The van der Waals surface area contributed by atoms with Gasteiger partial charge in [0.15, 0.2) is 11.5 Å². The first-order valence-corrected chi connectivity index (χ1v) is 8.43. The van der Waals surface area contributed by atoms with Crippen molar-refractivity contribution in [2.75, 3.05) is 11.9 Å². The Bertz CT molecular complexity index is 928. The molecule has 1 aliphatic rings. The third-order valence-corrected chi connectivity index (χ3v) is 4.37. The molecule has 3 aromatic rings. The van der Waals surface area contributed by atoms with E-state index in [1.807, 2.05) is 56.3 Å². The number of ether oxygens (including phenoxy) is 2. The normalized spacial score (nSPS) is 15.5. The maximum Gasteiger partial charge on any atom is 0.269 e. The van der Waals surface area contributed by atoms with Crippen molar-refractivity contribution in [2.45, 2.75) is 20.0 Å². The fourth-order valence-electron chi connectivity index (χ4n) is 3.07. The Labute approximate surface area is 151 Å². The van der Waals surface area contributed by atoms with Gasteiger partial charge in [-0.3, -0.25) is 9.89 Å². The quantitative estimate of drug-likeness (QED) is 0.759. The van der Waals surface area contributed by atoms with Gasteiger partial charge in [0, 0.05) is 16.9 Å². The number of nitrogens with one attached hydrogen (secondary N) is 2. The van der Waals surface area contributed by atoms with E-state index in [2.05, 4.69) is 15.5 Å². The van der Waals surface area contributed by atoms with Gasteiger partial charge in [-0.05, 0) is 43.7 Å². The number of hydrogen-bond acceptors (Lipinski definition) is 4. The summed E-state index contributed by atoms with van der Waals surface area (Å²) in [5, 5.41) is 10.1. The summed E-state index contributed by atoms with van der Waals surface area (Å²) in [6.45, 7) is 4.14. The van der Waals surface area contributed by atoms with Crippen molar-refractivity contribution in [3.05, 3.63) is 59.9 Å². The molecule has 0 unspecified atom stereocenters. The van der Waals surface area contributed by atoms with Gasteiger partial charge < -0.3 is 14.8 Å². The summed E-state index contributed by atoms with van der Waals surface area (Å²) < 4.78 is 11.3. The number of aryl methyl sites for hydroxylation is 2. The van der Waals surface area contributed by atoms with Crippen LogP contribution in [-0.4, -0.2) is 28.8 Å². The van der Waals surface area contributed by atoms with Crippen LogP contribution in [0.1, 0.15) is 11.4 Å². The third-order valence-electron chi connectivity index (χ3n) is 4.37. The number of carbonyl (C=O) groups is 1. The number of anilines is 1. The molecule has 0 aliphatic carbocycles. The second-order valence-electron chi connectivity index (χ2n) is 6.24. The molecule has 1 atom stereocenters. The molecule has 26 heavy (non-hydrogen) atoms. The average molecular weight is 349 g/mol. The van der Waals surface area contributed by atoms with Gasteiger partial charge >= 0.3 is 0 Å². The number of hydrogen-bond donors (Lipinski definition) is 2. The largest absolute Gasteiger partial charge is 0.485 e. The van der Waals surface area contributed by atoms with E-state index in [0.717, 1.165) is 22.5 Å². The zero-order valence-electron chi connectivity index (χ0n) is 14.6. The van der Waals surface area contributed by atoms with Crippen molar-refractivity contribution in [3.8, 4) is 22.6 Å². The van der Waals surface area contributed by atoms with Crippen LogP contribution in [0, 0.1) is 13.8 Å². The number of aromatic nitrogens is 2. The fourth-order valence-corrected chi connectivity index (χ4v) is 3.07. The third kappa shape index (κ3) is 3.01. The molecule has 0 radical (unpaired) electrons. The Morgan fingerprint density at radius 2 is 1.85 bits per heavy atom. The second kappa shape index (κ2) is 6.55. The summed E-state index contributed by atoms with van der Waals surface area (Å²) in [6.07, 6.45) is -0.678. The topological polar surface area (TPSA) is 76.2 Å². The predicted octanol–water partition coefficient (Wildman–Crippen LogP) is 3.47. The van der Waals surface area contributed by atoms with E-state index in [1.165, 1.54) is 0 Å². The molecule has 0 saturated carbocycles. The second-order valence-corrected chi connectivity index (χ2v) is 6.24. The Morgan fingerprint density at radius 3 is 2.54 bits per heavy atom. The summed E-state index contributed by atoms with van der Waals surface area (Å²) >= 11 is 0. The first kappa shape index (κ1) is 16.2. The smallest absolute Gasteiger partial charge is 0.269 e. The summed E-state index contributed by atoms with van der Waals surface area (Å²) in [5.74, 6) is 1.01. The molecule has 2 heterocycles. The molecule has 0 saturated heterocycles. The van der Waals surface area contributed by atoms with Crippen LogP contribution < -0.4 is 14.8 Å². The SMILES string of the molecule is Cc1n[nH]c(C)c1-c1ccc(NC(=O)[C@H]2COc3ccccc3O2)cc1. The highest BCUT2D eigenvalue weighted by molar-refractivity contribution is 5.95. The number of benzene rings is 2. The van der Waals surface area contributed by atoms with Crippen LogP contribution in [0.4, 0.5) is 5.69 Å². The molecule has 0 spiro atoms. The Morgan fingerprint density at radius 1 is 1.12 bits per heavy atom. The molecule has 1 aliphatic heterocycles. The molecule has 2 N–H and O–H groups in total. The first-order valence-electron chi connectivity index (χ1n) is 8.43. The Balaban J connectivity index is 1.46. The molecular weight excluding hydrogens is 330 g/mol. The zero-order valence-corrected chi connectivity index (χ0v) is 14.6. The highest BCUT2D eigenvalue weighted by Gasteiger charge is 2.27. The van der Waals surface area contributed by atoms with E-state index in [1.54, 1.807) is 6.07 Å². The molecule has 0 bridgehead atoms. The van der Waals surface area contributed by atoms with E-state index in [-0.39, 0.29) is 12.5 Å². The minimum absolute atomic E-state index is 0.189. The number of nitrogens with zero attached hydrogens (tertiary/aromatic N) is 1. The molecule has 2 aromatic carbocycles. The predicted molar refractivity (Wildman–Crippen MR) is 98.5 cm³/mol. The zero-order chi connectivity index (χ0) is 18.1. The van der Waals surface area contributed by atoms with Crippen molar-refractivity contribution in [3.63, 3.8) is 0 Å². The van der Waals surface area contributed by atoms with Crippen LogP contribution >= 0.6 is 0 Å². The molecule has 1 amide bonds. The lowest BCUT2D eigenvalue weighted by molar-refractivity contribution is -0.125. The number of aromatic amines is 1. The van der Waals surface area contributed by atoms with Crippen LogP contribution in [0.2, 0.25) is 0 Å². The van der Waals surface area contributed by atoms with E-state index >= 15 is 0 Å². The van der Waals surface area contributed by atoms with Crippen LogP contribution in [0.5, 0.6) is 11.5 Å². The Hall–Kier alpha value is -3.28. The standard InChI is InChI=1S/C20H19N3O3/c1-12-19(13(2)23-22-12)14-7-9-15(10-8-14)21-20(24)18-11-25-16-5-3-4-6-17(16)26-18/h3-10,18H,11H2,1-2H3,(H,21,24)(H,22,23)/t18-/m1/s1. The van der Waals surface area contributed by atoms with Crippen molar-refractivity contribution in [1.29, 1.82) is 0 Å². The first-order chi connectivity index (χ1) is 12.6. The van der Waals surface area contributed by atoms with Crippen molar-refractivity contribution in [1.82, 2.24) is 10.2 Å². The van der Waals surface area contributed by atoms with Gasteiger partial charge in [0.05, 0.1) is 5.69 Å². The van der Waals surface area contributed by atoms with Gasteiger partial charge in [-0.2, -0.15) is 5.10 Å². The molecule has 0 fully saturated rings. The summed E-state index contributed by atoms with van der Waals surface area (Å²) in [6, 6.07) is 15.0. The molecular formula is C20H19N3O3. The van der Waals surface area contributed by atoms with Gasteiger partial charge in [0.1, 0.15) is 6.61 Å². The van der Waals surface area contributed by atoms with Crippen LogP contribution in [0.15, 0.2) is 48.5 Å². The lowest BCUT2D eigenvalue weighted by Crippen LogP contribution is -2.40. The molecule has 1 aromatic heterocycles. The van der Waals surface area contributed by atoms with E-state index in [0.29, 0.717) is 17.2 Å². The highest BCUT2D eigenvalue weighted by atomic mass is 16.6. The Kier molecular flexibility index (Phi) is 4.08. The minimum atomic E-state index is -0.678. The summed E-state index contributed by atoms with van der Waals surface area (Å²) in [7, 11) is 0. The van der Waals surface area contributed by atoms with Crippen LogP contribution in [0.3, 0.4) is 0 Å². The van der Waals surface area contributed by atoms with E-state index in [9.17, 15) is 4.79 Å². The number of para-hydroxylation sites is 2. The van der Waals surface area contributed by atoms with E-state index < -0.39 is 6.10 Å². The van der Waals surface area contributed by atoms with Gasteiger partial charge in [-0.15, -0.1) is 0 Å². The number of carbonyl (C=O) groups excluding carboxylic acids is 1. The molecule has 4 rings (SSSR count). The lowest BCUT2D eigenvalue weighted by atomic mass is 10.0. The molecule has 6 nitrogen and oxygen atoms in total. The van der Waals surface area contributed by atoms with Crippen LogP contribution in [0.25, 0.3) is 11.1 Å². The maximum atomic E-state index is 12.5. The average Bonchev–Trinajstić information content (AvgIpc) is 3.00. The summed E-state index contributed by atoms with van der Waals surface area (Å²) in [5.41, 5.74) is 4.82. The van der Waals surface area contributed by atoms with Crippen molar-refractivity contribution in [2.24, 2.45) is 0 Å². The van der Waals surface area contributed by atoms with Gasteiger partial charge in [0.2, 0.25) is 6.10 Å².